The Hall–Kier alpha value is -2.34. The molecule has 2 aromatic carbocycles. The van der Waals surface area contributed by atoms with Gasteiger partial charge in [-0.15, -0.1) is 0 Å². The third-order valence-electron chi connectivity index (χ3n) is 3.56. The Morgan fingerprint density at radius 1 is 1.04 bits per heavy atom. The molecule has 1 N–H and O–H groups in total. The molecule has 0 aromatic heterocycles. The fraction of sp³-hybridized carbons (Fsp3) is 0.286. The molecule has 0 aliphatic heterocycles. The molecule has 4 nitrogen and oxygen atoms in total. The van der Waals surface area contributed by atoms with E-state index in [1.807, 2.05) is 54.6 Å². The fourth-order valence-electron chi connectivity index (χ4n) is 2.38. The number of benzene rings is 2. The van der Waals surface area contributed by atoms with Crippen molar-refractivity contribution < 1.29 is 13.9 Å². The topological polar surface area (TPSA) is 55.4 Å². The maximum atomic E-state index is 11.7. The SMILES string of the molecule is CC(=O)N[C@@H](COP(C)(C)=O)Cc1ccc(C#Cc2ccccc2)cc1. The Morgan fingerprint density at radius 3 is 2.15 bits per heavy atom. The highest BCUT2D eigenvalue weighted by Crippen LogP contribution is 2.37. The molecule has 0 saturated carbocycles. The molecule has 0 aliphatic carbocycles. The van der Waals surface area contributed by atoms with E-state index in [0.717, 1.165) is 16.7 Å². The lowest BCUT2D eigenvalue weighted by Crippen LogP contribution is -2.38. The first-order valence-corrected chi connectivity index (χ1v) is 11.0. The molecule has 26 heavy (non-hydrogen) atoms. The summed E-state index contributed by atoms with van der Waals surface area (Å²) in [7, 11) is -2.58. The van der Waals surface area contributed by atoms with Crippen LogP contribution in [-0.2, 0) is 20.3 Å². The molecular weight excluding hydrogens is 345 g/mol. The lowest BCUT2D eigenvalue weighted by Gasteiger charge is -2.19. The van der Waals surface area contributed by atoms with Gasteiger partial charge >= 0.3 is 0 Å². The Bertz CT molecular complexity index is 829. The number of hydrogen-bond acceptors (Lipinski definition) is 3. The van der Waals surface area contributed by atoms with Crippen LogP contribution in [0.15, 0.2) is 54.6 Å². The van der Waals surface area contributed by atoms with Gasteiger partial charge in [-0.3, -0.25) is 9.36 Å². The maximum absolute atomic E-state index is 11.7. The summed E-state index contributed by atoms with van der Waals surface area (Å²) in [5.41, 5.74) is 2.96. The average molecular weight is 369 g/mol. The first-order chi connectivity index (χ1) is 12.3. The molecule has 0 unspecified atom stereocenters. The molecule has 2 aromatic rings. The van der Waals surface area contributed by atoms with Crippen LogP contribution in [0, 0.1) is 11.8 Å². The summed E-state index contributed by atoms with van der Waals surface area (Å²) < 4.78 is 17.1. The summed E-state index contributed by atoms with van der Waals surface area (Å²) in [6.07, 6.45) is 0.603. The van der Waals surface area contributed by atoms with Gasteiger partial charge in [-0.05, 0) is 36.2 Å². The van der Waals surface area contributed by atoms with Crippen LogP contribution >= 0.6 is 7.37 Å². The summed E-state index contributed by atoms with van der Waals surface area (Å²) in [5, 5.41) is 2.85. The van der Waals surface area contributed by atoms with Crippen molar-refractivity contribution in [2.24, 2.45) is 0 Å². The van der Waals surface area contributed by atoms with Crippen LogP contribution in [0.25, 0.3) is 0 Å². The summed E-state index contributed by atoms with van der Waals surface area (Å²) in [6.45, 7) is 4.82. The minimum absolute atomic E-state index is 0.133. The van der Waals surface area contributed by atoms with Gasteiger partial charge in [0.15, 0.2) is 7.37 Å². The van der Waals surface area contributed by atoms with Gasteiger partial charge in [0.25, 0.3) is 0 Å². The monoisotopic (exact) mass is 369 g/mol. The van der Waals surface area contributed by atoms with Crippen LogP contribution in [0.1, 0.15) is 23.6 Å². The Labute approximate surface area is 155 Å². The highest BCUT2D eigenvalue weighted by molar-refractivity contribution is 7.57. The molecule has 0 heterocycles. The zero-order chi connectivity index (χ0) is 19.0. The fourth-order valence-corrected chi connectivity index (χ4v) is 2.92. The van der Waals surface area contributed by atoms with Gasteiger partial charge in [0.1, 0.15) is 0 Å². The van der Waals surface area contributed by atoms with Crippen LogP contribution < -0.4 is 5.32 Å². The van der Waals surface area contributed by atoms with Crippen molar-refractivity contribution >= 4 is 13.3 Å². The second kappa shape index (κ2) is 9.38. The van der Waals surface area contributed by atoms with Crippen molar-refractivity contribution in [3.63, 3.8) is 0 Å². The molecule has 5 heteroatoms. The van der Waals surface area contributed by atoms with Crippen molar-refractivity contribution in [2.75, 3.05) is 19.9 Å². The maximum Gasteiger partial charge on any atom is 0.217 e. The van der Waals surface area contributed by atoms with Crippen LogP contribution in [-0.4, -0.2) is 31.9 Å². The second-order valence-electron chi connectivity index (χ2n) is 6.46. The van der Waals surface area contributed by atoms with Gasteiger partial charge < -0.3 is 9.84 Å². The molecular formula is C21H24NO3P. The Balaban J connectivity index is 2.02. The Kier molecular flexibility index (Phi) is 7.21. The smallest absolute Gasteiger partial charge is 0.217 e. The molecule has 0 fully saturated rings. The first kappa shape index (κ1) is 20.0. The van der Waals surface area contributed by atoms with E-state index in [9.17, 15) is 9.36 Å². The molecule has 2 rings (SSSR count). The van der Waals surface area contributed by atoms with Crippen LogP contribution in [0.3, 0.4) is 0 Å². The lowest BCUT2D eigenvalue weighted by atomic mass is 10.0. The normalized spacial score (nSPS) is 12.0. The molecule has 136 valence electrons. The standard InChI is InChI=1S/C21H24NO3P/c1-17(23)22-21(16-25-26(2,3)24)15-20-13-11-19(12-14-20)10-9-18-7-5-4-6-8-18/h4-8,11-14,21H,15-16H2,1-3H3,(H,22,23)/t21-/m1/s1. The molecule has 1 amide bonds. The average Bonchev–Trinajstić information content (AvgIpc) is 2.59. The summed E-state index contributed by atoms with van der Waals surface area (Å²) in [6, 6.07) is 17.5. The van der Waals surface area contributed by atoms with E-state index in [2.05, 4.69) is 17.2 Å². The highest BCUT2D eigenvalue weighted by atomic mass is 31.2. The largest absolute Gasteiger partial charge is 0.351 e. The van der Waals surface area contributed by atoms with Crippen LogP contribution in [0.5, 0.6) is 0 Å². The van der Waals surface area contributed by atoms with Crippen LogP contribution in [0.4, 0.5) is 0 Å². The first-order valence-electron chi connectivity index (χ1n) is 8.44. The number of nitrogens with one attached hydrogen (secondary N) is 1. The van der Waals surface area contributed by atoms with Crippen molar-refractivity contribution in [1.82, 2.24) is 5.32 Å². The third-order valence-corrected chi connectivity index (χ3v) is 4.33. The van der Waals surface area contributed by atoms with E-state index in [-0.39, 0.29) is 18.6 Å². The molecule has 0 saturated heterocycles. The summed E-state index contributed by atoms with van der Waals surface area (Å²) >= 11 is 0. The minimum Gasteiger partial charge on any atom is -0.351 e. The van der Waals surface area contributed by atoms with E-state index >= 15 is 0 Å². The lowest BCUT2D eigenvalue weighted by molar-refractivity contribution is -0.119. The number of rotatable bonds is 6. The highest BCUT2D eigenvalue weighted by Gasteiger charge is 2.15. The van der Waals surface area contributed by atoms with Crippen molar-refractivity contribution in [3.8, 4) is 11.8 Å². The number of carbonyl (C=O) groups excluding carboxylic acids is 1. The van der Waals surface area contributed by atoms with Gasteiger partial charge in [-0.2, -0.15) is 0 Å². The van der Waals surface area contributed by atoms with Gasteiger partial charge in [-0.1, -0.05) is 42.2 Å². The van der Waals surface area contributed by atoms with E-state index < -0.39 is 7.37 Å². The molecule has 0 radical (unpaired) electrons. The zero-order valence-electron chi connectivity index (χ0n) is 15.4. The molecule has 0 aliphatic rings. The molecule has 0 spiro atoms. The predicted octanol–water partition coefficient (Wildman–Crippen LogP) is 3.69. The zero-order valence-corrected chi connectivity index (χ0v) is 16.3. The number of carbonyl (C=O) groups is 1. The summed E-state index contributed by atoms with van der Waals surface area (Å²) in [5.74, 6) is 6.13. The molecule has 0 bridgehead atoms. The number of hydrogen-bond donors (Lipinski definition) is 1. The Morgan fingerprint density at radius 2 is 1.62 bits per heavy atom. The van der Waals surface area contributed by atoms with Crippen molar-refractivity contribution in [2.45, 2.75) is 19.4 Å². The van der Waals surface area contributed by atoms with E-state index in [1.165, 1.54) is 6.92 Å². The third kappa shape index (κ3) is 7.70. The van der Waals surface area contributed by atoms with Gasteiger partial charge in [0.05, 0.1) is 12.6 Å². The predicted molar refractivity (Wildman–Crippen MR) is 106 cm³/mol. The van der Waals surface area contributed by atoms with E-state index in [4.69, 9.17) is 4.52 Å². The van der Waals surface area contributed by atoms with E-state index in [0.29, 0.717) is 6.42 Å². The van der Waals surface area contributed by atoms with Crippen molar-refractivity contribution in [1.29, 1.82) is 0 Å². The number of amides is 1. The minimum atomic E-state index is -2.58. The van der Waals surface area contributed by atoms with Gasteiger partial charge in [-0.25, -0.2) is 0 Å². The van der Waals surface area contributed by atoms with E-state index in [1.54, 1.807) is 13.3 Å². The van der Waals surface area contributed by atoms with Gasteiger partial charge in [0, 0.05) is 31.4 Å². The second-order valence-corrected chi connectivity index (χ2v) is 9.22. The van der Waals surface area contributed by atoms with Crippen molar-refractivity contribution in [3.05, 3.63) is 71.3 Å². The molecule has 1 atom stereocenters. The van der Waals surface area contributed by atoms with Gasteiger partial charge in [0.2, 0.25) is 5.91 Å². The summed E-state index contributed by atoms with van der Waals surface area (Å²) in [4.78, 5) is 11.4. The van der Waals surface area contributed by atoms with Crippen LogP contribution in [0.2, 0.25) is 0 Å². The quantitative estimate of drug-likeness (QED) is 0.624.